The molecule has 1 unspecified atom stereocenters. The van der Waals surface area contributed by atoms with Gasteiger partial charge in [-0.1, -0.05) is 27.2 Å². The van der Waals surface area contributed by atoms with Gasteiger partial charge in [0.2, 0.25) is 0 Å². The molecule has 0 radical (unpaired) electrons. The summed E-state index contributed by atoms with van der Waals surface area (Å²) < 4.78 is 0. The summed E-state index contributed by atoms with van der Waals surface area (Å²) in [5, 5.41) is 12.2. The Bertz CT molecular complexity index is 433. The maximum atomic E-state index is 11.1. The zero-order valence-corrected chi connectivity index (χ0v) is 12.1. The first kappa shape index (κ1) is 15.4. The van der Waals surface area contributed by atoms with Gasteiger partial charge in [0.25, 0.3) is 0 Å². The second-order valence-electron chi connectivity index (χ2n) is 5.11. The summed E-state index contributed by atoms with van der Waals surface area (Å²) in [5.74, 6) is 0.613. The highest BCUT2D eigenvalue weighted by molar-refractivity contribution is 5.70. The van der Waals surface area contributed by atoms with Crippen molar-refractivity contribution in [2.45, 2.75) is 46.5 Å². The van der Waals surface area contributed by atoms with Crippen LogP contribution in [0.3, 0.4) is 0 Å². The average Bonchev–Trinajstić information content (AvgIpc) is 2.33. The molecule has 0 amide bonds. The Morgan fingerprint density at radius 3 is 2.63 bits per heavy atom. The Morgan fingerprint density at radius 2 is 2.11 bits per heavy atom. The fourth-order valence-electron chi connectivity index (χ4n) is 1.83. The van der Waals surface area contributed by atoms with Crippen molar-refractivity contribution in [3.63, 3.8) is 0 Å². The maximum absolute atomic E-state index is 11.1. The van der Waals surface area contributed by atoms with Gasteiger partial charge in [-0.25, -0.2) is 9.97 Å². The first-order chi connectivity index (χ1) is 8.93. The summed E-state index contributed by atoms with van der Waals surface area (Å²) in [6, 6.07) is 1.84. The van der Waals surface area contributed by atoms with E-state index in [2.05, 4.69) is 15.3 Å². The van der Waals surface area contributed by atoms with Crippen LogP contribution < -0.4 is 5.32 Å². The minimum absolute atomic E-state index is 0.256. The fraction of sp³-hybridized carbons (Fsp3) is 0.643. The molecule has 1 atom stereocenters. The number of nitrogens with zero attached hydrogens (tertiary/aromatic N) is 2. The minimum atomic E-state index is -0.760. The predicted octanol–water partition coefficient (Wildman–Crippen LogP) is 2.82. The average molecular weight is 265 g/mol. The molecule has 5 heteroatoms. The van der Waals surface area contributed by atoms with E-state index in [0.717, 1.165) is 17.9 Å². The number of carboxylic acids is 1. The van der Waals surface area contributed by atoms with E-state index >= 15 is 0 Å². The van der Waals surface area contributed by atoms with Crippen molar-refractivity contribution in [3.05, 3.63) is 17.6 Å². The summed E-state index contributed by atoms with van der Waals surface area (Å²) in [7, 11) is 0. The molecule has 1 aromatic heterocycles. The number of aryl methyl sites for hydroxylation is 1. The molecule has 1 aromatic rings. The number of carboxylic acid groups (broad SMARTS) is 1. The molecule has 0 spiro atoms. The highest BCUT2D eigenvalue weighted by Crippen LogP contribution is 2.15. The first-order valence-corrected chi connectivity index (χ1v) is 6.76. The molecule has 0 bridgehead atoms. The van der Waals surface area contributed by atoms with Crippen LogP contribution >= 0.6 is 0 Å². The Labute approximate surface area is 114 Å². The van der Waals surface area contributed by atoms with Crippen LogP contribution in [-0.2, 0) is 4.79 Å². The van der Waals surface area contributed by atoms with Crippen molar-refractivity contribution in [3.8, 4) is 0 Å². The van der Waals surface area contributed by atoms with Gasteiger partial charge in [0, 0.05) is 24.2 Å². The highest BCUT2D eigenvalue weighted by Gasteiger charge is 2.16. The van der Waals surface area contributed by atoms with Gasteiger partial charge < -0.3 is 10.4 Å². The molecule has 2 N–H and O–H groups in total. The van der Waals surface area contributed by atoms with Crippen molar-refractivity contribution < 1.29 is 9.90 Å². The third-order valence-corrected chi connectivity index (χ3v) is 2.90. The van der Waals surface area contributed by atoms with E-state index in [1.54, 1.807) is 0 Å². The molecule has 0 aliphatic heterocycles. The monoisotopic (exact) mass is 265 g/mol. The van der Waals surface area contributed by atoms with E-state index < -0.39 is 5.97 Å². The number of carbonyl (C=O) groups is 1. The number of aromatic nitrogens is 2. The molecule has 0 saturated carbocycles. The minimum Gasteiger partial charge on any atom is -0.481 e. The van der Waals surface area contributed by atoms with Gasteiger partial charge in [0.15, 0.2) is 0 Å². The van der Waals surface area contributed by atoms with Crippen LogP contribution in [0.1, 0.15) is 51.0 Å². The lowest BCUT2D eigenvalue weighted by molar-refractivity contribution is -0.141. The van der Waals surface area contributed by atoms with Crippen molar-refractivity contribution in [1.82, 2.24) is 9.97 Å². The Morgan fingerprint density at radius 1 is 1.42 bits per heavy atom. The van der Waals surface area contributed by atoms with E-state index in [-0.39, 0.29) is 11.8 Å². The number of hydrogen-bond donors (Lipinski definition) is 2. The standard InChI is InChI=1S/C14H23N3O2/c1-5-6-11(14(18)19)8-15-12-7-10(4)16-13(17-12)9(2)3/h7,9,11H,5-6,8H2,1-4H3,(H,18,19)(H,15,16,17). The third-order valence-electron chi connectivity index (χ3n) is 2.90. The second-order valence-corrected chi connectivity index (χ2v) is 5.11. The molecule has 1 rings (SSSR count). The van der Waals surface area contributed by atoms with E-state index in [0.29, 0.717) is 18.8 Å². The fourth-order valence-corrected chi connectivity index (χ4v) is 1.83. The van der Waals surface area contributed by atoms with Crippen LogP contribution in [0.2, 0.25) is 0 Å². The maximum Gasteiger partial charge on any atom is 0.308 e. The van der Waals surface area contributed by atoms with Gasteiger partial charge in [0.1, 0.15) is 11.6 Å². The van der Waals surface area contributed by atoms with Crippen molar-refractivity contribution >= 4 is 11.8 Å². The number of nitrogens with one attached hydrogen (secondary N) is 1. The Balaban J connectivity index is 2.73. The number of anilines is 1. The van der Waals surface area contributed by atoms with E-state index in [4.69, 9.17) is 5.11 Å². The zero-order chi connectivity index (χ0) is 14.4. The summed E-state index contributed by atoms with van der Waals surface area (Å²) in [5.41, 5.74) is 0.892. The molecular formula is C14H23N3O2. The van der Waals surface area contributed by atoms with Crippen molar-refractivity contribution in [2.75, 3.05) is 11.9 Å². The SMILES string of the molecule is CCCC(CNc1cc(C)nc(C(C)C)n1)C(=O)O. The lowest BCUT2D eigenvalue weighted by atomic mass is 10.0. The summed E-state index contributed by atoms with van der Waals surface area (Å²) in [6.45, 7) is 8.38. The van der Waals surface area contributed by atoms with Crippen LogP contribution in [0, 0.1) is 12.8 Å². The lowest BCUT2D eigenvalue weighted by Gasteiger charge is -2.14. The molecule has 0 aliphatic carbocycles. The quantitative estimate of drug-likeness (QED) is 0.793. The summed E-state index contributed by atoms with van der Waals surface area (Å²) >= 11 is 0. The van der Waals surface area contributed by atoms with E-state index in [1.165, 1.54) is 0 Å². The highest BCUT2D eigenvalue weighted by atomic mass is 16.4. The number of rotatable bonds is 7. The molecule has 0 saturated heterocycles. The molecule has 106 valence electrons. The van der Waals surface area contributed by atoms with Crippen LogP contribution in [0.4, 0.5) is 5.82 Å². The van der Waals surface area contributed by atoms with Crippen LogP contribution in [-0.4, -0.2) is 27.6 Å². The topological polar surface area (TPSA) is 75.1 Å². The predicted molar refractivity (Wildman–Crippen MR) is 75.4 cm³/mol. The van der Waals surface area contributed by atoms with E-state index in [1.807, 2.05) is 33.8 Å². The molecular weight excluding hydrogens is 242 g/mol. The van der Waals surface area contributed by atoms with Crippen molar-refractivity contribution in [2.24, 2.45) is 5.92 Å². The molecule has 5 nitrogen and oxygen atoms in total. The smallest absolute Gasteiger partial charge is 0.308 e. The molecule has 0 aliphatic rings. The van der Waals surface area contributed by atoms with Crippen LogP contribution in [0.5, 0.6) is 0 Å². The number of aliphatic carboxylic acids is 1. The second kappa shape index (κ2) is 7.07. The van der Waals surface area contributed by atoms with Gasteiger partial charge in [-0.15, -0.1) is 0 Å². The number of hydrogen-bond acceptors (Lipinski definition) is 4. The van der Waals surface area contributed by atoms with E-state index in [9.17, 15) is 4.79 Å². The first-order valence-electron chi connectivity index (χ1n) is 6.76. The van der Waals surface area contributed by atoms with Gasteiger partial charge >= 0.3 is 5.97 Å². The summed E-state index contributed by atoms with van der Waals surface area (Å²) in [4.78, 5) is 19.9. The third kappa shape index (κ3) is 4.85. The van der Waals surface area contributed by atoms with Crippen molar-refractivity contribution in [1.29, 1.82) is 0 Å². The van der Waals surface area contributed by atoms with Gasteiger partial charge in [-0.2, -0.15) is 0 Å². The zero-order valence-electron chi connectivity index (χ0n) is 12.1. The van der Waals surface area contributed by atoms with Gasteiger partial charge in [-0.05, 0) is 13.3 Å². The van der Waals surface area contributed by atoms with Gasteiger partial charge in [0.05, 0.1) is 5.92 Å². The molecule has 0 aromatic carbocycles. The molecule has 19 heavy (non-hydrogen) atoms. The lowest BCUT2D eigenvalue weighted by Crippen LogP contribution is -2.23. The van der Waals surface area contributed by atoms with Crippen LogP contribution in [0.25, 0.3) is 0 Å². The summed E-state index contributed by atoms with van der Waals surface area (Å²) in [6.07, 6.45) is 1.53. The largest absolute Gasteiger partial charge is 0.481 e. The Kier molecular flexibility index (Phi) is 5.73. The van der Waals surface area contributed by atoms with Crippen LogP contribution in [0.15, 0.2) is 6.07 Å². The normalized spacial score (nSPS) is 12.5. The van der Waals surface area contributed by atoms with Gasteiger partial charge in [-0.3, -0.25) is 4.79 Å². The Hall–Kier alpha value is -1.65. The molecule has 0 fully saturated rings. The molecule has 1 heterocycles.